The average molecular weight is 500 g/mol. The van der Waals surface area contributed by atoms with E-state index in [-0.39, 0.29) is 5.56 Å². The lowest BCUT2D eigenvalue weighted by Crippen LogP contribution is -2.31. The number of carbonyl (C=O) groups excluding carboxylic acids is 1. The molecule has 0 bridgehead atoms. The number of nitrogens with one attached hydrogen (secondary N) is 2. The number of anilines is 1. The first-order valence-corrected chi connectivity index (χ1v) is 10.3. The van der Waals surface area contributed by atoms with Gasteiger partial charge in [-0.1, -0.05) is 15.9 Å². The van der Waals surface area contributed by atoms with Crippen molar-refractivity contribution in [3.63, 3.8) is 0 Å². The van der Waals surface area contributed by atoms with E-state index in [4.69, 9.17) is 5.26 Å². The predicted molar refractivity (Wildman–Crippen MR) is 121 cm³/mol. The number of H-pyrrole nitrogens is 1. The van der Waals surface area contributed by atoms with Crippen molar-refractivity contribution in [2.24, 2.45) is 4.99 Å². The largest absolute Gasteiger partial charge is 0.493 e. The molecule has 1 heterocycles. The molecule has 3 aromatic rings. The Morgan fingerprint density at radius 3 is 2.65 bits per heavy atom. The molecule has 0 fully saturated rings. The molecule has 11 heteroatoms. The molecule has 0 atom stereocenters. The second-order valence-electron chi connectivity index (χ2n) is 6.17. The number of aromatic hydroxyl groups is 1. The molecule has 0 saturated heterocycles. The number of benzene rings is 2. The van der Waals surface area contributed by atoms with Crippen molar-refractivity contribution in [2.75, 3.05) is 5.32 Å². The summed E-state index contributed by atoms with van der Waals surface area (Å²) in [7, 11) is 0. The van der Waals surface area contributed by atoms with E-state index in [2.05, 4.69) is 31.2 Å². The standard InChI is InChI=1S/C20H14BrN5O4S/c1-11-8-12(21)2-7-16(11)26-18(28)15(17(27)25-20(26)30)9-23-19(29)24-13-3-5-14(6-4-13)31-10-22/h2-9,28H,1H3,(H,24,29)(H,25,27,30)/b23-9+. The Kier molecular flexibility index (Phi) is 6.74. The van der Waals surface area contributed by atoms with Crippen LogP contribution in [0.4, 0.5) is 10.5 Å². The summed E-state index contributed by atoms with van der Waals surface area (Å²) in [6.45, 7) is 1.73. The SMILES string of the molecule is Cc1cc(Br)ccc1-n1c(O)c(/C=N/C(=O)Nc2ccc(SC#N)cc2)c(=O)[nH]c1=O. The topological polar surface area (TPSA) is 140 Å². The smallest absolute Gasteiger partial charge is 0.345 e. The number of thiocyanates is 1. The highest BCUT2D eigenvalue weighted by Gasteiger charge is 2.16. The molecule has 0 aliphatic rings. The van der Waals surface area contributed by atoms with Crippen molar-refractivity contribution in [2.45, 2.75) is 11.8 Å². The normalized spacial score (nSPS) is 10.7. The van der Waals surface area contributed by atoms with Gasteiger partial charge in [-0.2, -0.15) is 5.26 Å². The Labute approximate surface area is 188 Å². The van der Waals surface area contributed by atoms with Gasteiger partial charge in [0.05, 0.1) is 11.9 Å². The van der Waals surface area contributed by atoms with Crippen molar-refractivity contribution in [1.82, 2.24) is 9.55 Å². The van der Waals surface area contributed by atoms with Crippen LogP contribution in [-0.2, 0) is 0 Å². The zero-order valence-electron chi connectivity index (χ0n) is 15.9. The van der Waals surface area contributed by atoms with Crippen molar-refractivity contribution in [3.05, 3.63) is 78.9 Å². The molecule has 0 aliphatic heterocycles. The molecule has 0 unspecified atom stereocenters. The van der Waals surface area contributed by atoms with Crippen molar-refractivity contribution < 1.29 is 9.90 Å². The molecule has 31 heavy (non-hydrogen) atoms. The molecule has 3 N–H and O–H groups in total. The summed E-state index contributed by atoms with van der Waals surface area (Å²) < 4.78 is 1.71. The molecule has 2 amide bonds. The van der Waals surface area contributed by atoms with Crippen LogP contribution < -0.4 is 16.6 Å². The van der Waals surface area contributed by atoms with Gasteiger partial charge < -0.3 is 10.4 Å². The second kappa shape index (κ2) is 9.46. The number of rotatable bonds is 4. The van der Waals surface area contributed by atoms with Crippen molar-refractivity contribution in [1.29, 1.82) is 5.26 Å². The highest BCUT2D eigenvalue weighted by atomic mass is 79.9. The summed E-state index contributed by atoms with van der Waals surface area (Å²) in [5.41, 5.74) is -0.613. The molecule has 1 aromatic heterocycles. The highest BCUT2D eigenvalue weighted by molar-refractivity contribution is 9.10. The molecule has 0 radical (unpaired) electrons. The van der Waals surface area contributed by atoms with Gasteiger partial charge in [-0.05, 0) is 66.7 Å². The maximum atomic E-state index is 12.3. The highest BCUT2D eigenvalue weighted by Crippen LogP contribution is 2.22. The van der Waals surface area contributed by atoms with Gasteiger partial charge in [-0.15, -0.1) is 0 Å². The van der Waals surface area contributed by atoms with Crippen LogP contribution in [0.15, 0.2) is 66.4 Å². The van der Waals surface area contributed by atoms with Crippen molar-refractivity contribution >= 4 is 45.6 Å². The third kappa shape index (κ3) is 5.11. The van der Waals surface area contributed by atoms with E-state index in [1.807, 2.05) is 5.40 Å². The first-order chi connectivity index (χ1) is 14.8. The van der Waals surface area contributed by atoms with Crippen LogP contribution in [0.5, 0.6) is 5.88 Å². The fraction of sp³-hybridized carbons (Fsp3) is 0.0500. The third-order valence-corrected chi connectivity index (χ3v) is 5.19. The number of aromatic nitrogens is 2. The van der Waals surface area contributed by atoms with Gasteiger partial charge in [0.25, 0.3) is 5.56 Å². The Morgan fingerprint density at radius 2 is 2.00 bits per heavy atom. The number of aromatic amines is 1. The van der Waals surface area contributed by atoms with Crippen LogP contribution in [0.2, 0.25) is 0 Å². The van der Waals surface area contributed by atoms with E-state index >= 15 is 0 Å². The molecule has 0 aliphatic carbocycles. The number of carbonyl (C=O) groups is 1. The van der Waals surface area contributed by atoms with E-state index in [9.17, 15) is 19.5 Å². The average Bonchev–Trinajstić information content (AvgIpc) is 2.71. The van der Waals surface area contributed by atoms with Gasteiger partial charge in [0.15, 0.2) is 0 Å². The van der Waals surface area contributed by atoms with Crippen LogP contribution in [0, 0.1) is 17.6 Å². The number of aryl methyl sites for hydroxylation is 1. The second-order valence-corrected chi connectivity index (χ2v) is 7.94. The van der Waals surface area contributed by atoms with E-state index in [0.29, 0.717) is 21.8 Å². The zero-order chi connectivity index (χ0) is 22.5. The van der Waals surface area contributed by atoms with Crippen LogP contribution >= 0.6 is 27.7 Å². The molecular formula is C20H14BrN5O4S. The number of hydrogen-bond acceptors (Lipinski definition) is 6. The minimum Gasteiger partial charge on any atom is -0.493 e. The Morgan fingerprint density at radius 1 is 1.29 bits per heavy atom. The minimum absolute atomic E-state index is 0.349. The van der Waals surface area contributed by atoms with E-state index in [1.165, 1.54) is 0 Å². The number of amides is 2. The molecule has 2 aromatic carbocycles. The Hall–Kier alpha value is -3.62. The summed E-state index contributed by atoms with van der Waals surface area (Å²) in [6, 6.07) is 10.7. The monoisotopic (exact) mass is 499 g/mol. The van der Waals surface area contributed by atoms with Crippen LogP contribution in [0.1, 0.15) is 11.1 Å². The summed E-state index contributed by atoms with van der Waals surface area (Å²) in [6.07, 6.45) is 0.882. The summed E-state index contributed by atoms with van der Waals surface area (Å²) in [4.78, 5) is 43.0. The number of nitriles is 1. The number of urea groups is 1. The van der Waals surface area contributed by atoms with Gasteiger partial charge in [0.2, 0.25) is 5.88 Å². The summed E-state index contributed by atoms with van der Waals surface area (Å²) in [5, 5.41) is 23.6. The number of nitrogens with zero attached hydrogens (tertiary/aromatic N) is 3. The molecular weight excluding hydrogens is 486 g/mol. The van der Waals surface area contributed by atoms with Crippen molar-refractivity contribution in [3.8, 4) is 17.0 Å². The third-order valence-electron chi connectivity index (χ3n) is 4.10. The fourth-order valence-corrected chi connectivity index (χ4v) is 3.54. The first-order valence-electron chi connectivity index (χ1n) is 8.66. The Balaban J connectivity index is 1.90. The van der Waals surface area contributed by atoms with Crippen LogP contribution in [-0.4, -0.2) is 26.9 Å². The summed E-state index contributed by atoms with van der Waals surface area (Å²) in [5.74, 6) is -0.645. The maximum Gasteiger partial charge on any atom is 0.345 e. The van der Waals surface area contributed by atoms with Gasteiger partial charge in [0.1, 0.15) is 11.0 Å². The van der Waals surface area contributed by atoms with Gasteiger partial charge in [-0.3, -0.25) is 9.78 Å². The fourth-order valence-electron chi connectivity index (χ4n) is 2.69. The quantitative estimate of drug-likeness (QED) is 0.285. The van der Waals surface area contributed by atoms with E-state index in [0.717, 1.165) is 27.0 Å². The lowest BCUT2D eigenvalue weighted by Gasteiger charge is -2.12. The number of aliphatic imine (C=N–C) groups is 1. The molecule has 156 valence electrons. The summed E-state index contributed by atoms with van der Waals surface area (Å²) >= 11 is 4.31. The molecule has 3 rings (SSSR count). The van der Waals surface area contributed by atoms with E-state index < -0.39 is 23.2 Å². The maximum absolute atomic E-state index is 12.3. The number of hydrogen-bond donors (Lipinski definition) is 3. The van der Waals surface area contributed by atoms with Gasteiger partial charge >= 0.3 is 11.7 Å². The zero-order valence-corrected chi connectivity index (χ0v) is 18.3. The molecule has 0 spiro atoms. The molecule has 0 saturated carbocycles. The first kappa shape index (κ1) is 22.1. The molecule has 9 nitrogen and oxygen atoms in total. The predicted octanol–water partition coefficient (Wildman–Crippen LogP) is 3.53. The lowest BCUT2D eigenvalue weighted by molar-refractivity contribution is 0.259. The Bertz CT molecular complexity index is 1340. The number of thioether (sulfide) groups is 1. The van der Waals surface area contributed by atoms with Gasteiger partial charge in [-0.25, -0.2) is 19.1 Å². The minimum atomic E-state index is -0.886. The number of halogens is 1. The van der Waals surface area contributed by atoms with Crippen LogP contribution in [0.25, 0.3) is 5.69 Å². The van der Waals surface area contributed by atoms with E-state index in [1.54, 1.807) is 49.4 Å². The lowest BCUT2D eigenvalue weighted by atomic mass is 10.2. The van der Waals surface area contributed by atoms with Gasteiger partial charge in [0, 0.05) is 15.1 Å². The van der Waals surface area contributed by atoms with Crippen LogP contribution in [0.3, 0.4) is 0 Å².